The molecule has 1 amide bonds. The molecule has 0 aliphatic heterocycles. The van der Waals surface area contributed by atoms with E-state index in [1.165, 1.54) is 35.3 Å². The smallest absolute Gasteiger partial charge is 0.227 e. The maximum Gasteiger partial charge on any atom is 0.227 e. The average molecular weight is 508 g/mol. The lowest BCUT2D eigenvalue weighted by atomic mass is 10.1. The van der Waals surface area contributed by atoms with E-state index >= 15 is 0 Å². The van der Waals surface area contributed by atoms with Gasteiger partial charge in [0.25, 0.3) is 0 Å². The van der Waals surface area contributed by atoms with Gasteiger partial charge in [0.2, 0.25) is 12.3 Å². The van der Waals surface area contributed by atoms with Crippen LogP contribution in [0.2, 0.25) is 0 Å². The number of thiazole rings is 1. The summed E-state index contributed by atoms with van der Waals surface area (Å²) >= 11 is 1.39. The molecule has 1 aliphatic rings. The number of carbonyl (C=O) groups is 1. The first kappa shape index (κ1) is 25.7. The predicted molar refractivity (Wildman–Crippen MR) is 134 cm³/mol. The first-order chi connectivity index (χ1) is 16.6. The molecular formula is C22H26FN5O4S2. The quantitative estimate of drug-likeness (QED) is 0.333. The molecule has 0 bridgehead atoms. The van der Waals surface area contributed by atoms with Crippen molar-refractivity contribution >= 4 is 57.3 Å². The fourth-order valence-corrected chi connectivity index (χ4v) is 4.29. The number of aliphatic hydroxyl groups excluding tert-OH is 1. The number of nitrogens with zero attached hydrogens (tertiary/aromatic N) is 4. The zero-order chi connectivity index (χ0) is 24.7. The highest BCUT2D eigenvalue weighted by atomic mass is 32.2. The van der Waals surface area contributed by atoms with Gasteiger partial charge < -0.3 is 19.9 Å². The summed E-state index contributed by atoms with van der Waals surface area (Å²) < 4.78 is 26.6. The minimum Gasteiger partial charge on any atom is -0.494 e. The predicted octanol–water partition coefficient (Wildman–Crippen LogP) is 5.09. The van der Waals surface area contributed by atoms with E-state index in [2.05, 4.69) is 20.3 Å². The van der Waals surface area contributed by atoms with E-state index in [0.29, 0.717) is 64.2 Å². The standard InChI is InChI=1S/C16H12FN5O3S2.C4H8O.C2H6/c1-24-12-11(16(25-2)21-14-13(12)26-7-19-14)9-5-22(27-17)15-8(9)3-4-10(20-15)18-6-23;5-3-4-1-2-4;1-2/h3-7H,1-2H3,(H,18,20,23);4-5H,1-3H2;1-2H3. The van der Waals surface area contributed by atoms with Crippen molar-refractivity contribution in [2.45, 2.75) is 26.7 Å². The average Bonchev–Trinajstić information content (AvgIpc) is 3.50. The lowest BCUT2D eigenvalue weighted by Crippen LogP contribution is -1.98. The molecule has 12 heteroatoms. The van der Waals surface area contributed by atoms with E-state index in [0.717, 1.165) is 4.70 Å². The van der Waals surface area contributed by atoms with Gasteiger partial charge in [-0.05, 0) is 30.9 Å². The topological polar surface area (TPSA) is 111 Å². The molecule has 4 aromatic rings. The summed E-state index contributed by atoms with van der Waals surface area (Å²) in [5.74, 6) is 1.85. The van der Waals surface area contributed by atoms with Crippen LogP contribution in [0.1, 0.15) is 26.7 Å². The van der Waals surface area contributed by atoms with Crippen LogP contribution in [0.15, 0.2) is 23.8 Å². The summed E-state index contributed by atoms with van der Waals surface area (Å²) in [5, 5.41) is 11.3. The number of anilines is 1. The van der Waals surface area contributed by atoms with Gasteiger partial charge in [0.05, 0.1) is 25.3 Å². The van der Waals surface area contributed by atoms with Crippen molar-refractivity contribution in [3.8, 4) is 22.8 Å². The van der Waals surface area contributed by atoms with Crippen LogP contribution >= 0.6 is 23.7 Å². The van der Waals surface area contributed by atoms with E-state index in [-0.39, 0.29) is 12.3 Å². The van der Waals surface area contributed by atoms with Gasteiger partial charge in [0.1, 0.15) is 10.5 Å². The van der Waals surface area contributed by atoms with Crippen molar-refractivity contribution in [1.82, 2.24) is 18.9 Å². The van der Waals surface area contributed by atoms with E-state index in [9.17, 15) is 8.68 Å². The Morgan fingerprint density at radius 2 is 2.06 bits per heavy atom. The van der Waals surface area contributed by atoms with Gasteiger partial charge in [0.15, 0.2) is 29.4 Å². The van der Waals surface area contributed by atoms with E-state index in [4.69, 9.17) is 14.6 Å². The molecule has 1 fully saturated rings. The number of carbonyl (C=O) groups excluding carboxylic acids is 1. The molecule has 0 aromatic carbocycles. The third kappa shape index (κ3) is 5.24. The van der Waals surface area contributed by atoms with Crippen molar-refractivity contribution in [2.24, 2.45) is 5.92 Å². The Morgan fingerprint density at radius 3 is 2.62 bits per heavy atom. The number of fused-ring (bicyclic) bond motifs is 2. The third-order valence-electron chi connectivity index (χ3n) is 4.93. The number of methoxy groups -OCH3 is 2. The zero-order valence-corrected chi connectivity index (χ0v) is 20.9. The fraction of sp³-hybridized carbons (Fsp3) is 0.364. The number of pyridine rings is 2. The van der Waals surface area contributed by atoms with Crippen LogP contribution in [0.5, 0.6) is 11.6 Å². The summed E-state index contributed by atoms with van der Waals surface area (Å²) in [4.78, 5) is 23.6. The molecular weight excluding hydrogens is 481 g/mol. The molecule has 0 radical (unpaired) electrons. The summed E-state index contributed by atoms with van der Waals surface area (Å²) in [6, 6.07) is 3.37. The number of amides is 1. The summed E-state index contributed by atoms with van der Waals surface area (Å²) in [5.41, 5.74) is 3.74. The van der Waals surface area contributed by atoms with Gasteiger partial charge >= 0.3 is 0 Å². The van der Waals surface area contributed by atoms with Crippen LogP contribution in [0.4, 0.5) is 9.70 Å². The highest BCUT2D eigenvalue weighted by Gasteiger charge is 2.24. The van der Waals surface area contributed by atoms with E-state index in [1.807, 2.05) is 13.8 Å². The van der Waals surface area contributed by atoms with Crippen LogP contribution < -0.4 is 14.8 Å². The Bertz CT molecular complexity index is 1260. The first-order valence-corrected chi connectivity index (χ1v) is 12.2. The Balaban J connectivity index is 0.000000404. The molecule has 4 aromatic heterocycles. The van der Waals surface area contributed by atoms with Gasteiger partial charge in [-0.2, -0.15) is 4.98 Å². The number of hydrogen-bond donors (Lipinski definition) is 2. The van der Waals surface area contributed by atoms with Crippen LogP contribution in [0.3, 0.4) is 0 Å². The molecule has 0 unspecified atom stereocenters. The Morgan fingerprint density at radius 1 is 1.29 bits per heavy atom. The minimum atomic E-state index is -0.000937. The lowest BCUT2D eigenvalue weighted by molar-refractivity contribution is -0.105. The largest absolute Gasteiger partial charge is 0.494 e. The maximum atomic E-state index is 13.5. The molecule has 182 valence electrons. The van der Waals surface area contributed by atoms with Crippen molar-refractivity contribution in [1.29, 1.82) is 0 Å². The molecule has 0 atom stereocenters. The highest BCUT2D eigenvalue weighted by molar-refractivity contribution is 7.92. The number of ether oxygens (including phenoxy) is 2. The summed E-state index contributed by atoms with van der Waals surface area (Å²) in [7, 11) is 3.04. The van der Waals surface area contributed by atoms with E-state index < -0.39 is 0 Å². The molecule has 5 rings (SSSR count). The fourth-order valence-electron chi connectivity index (χ4n) is 3.19. The Labute approximate surface area is 204 Å². The molecule has 0 saturated heterocycles. The normalized spacial score (nSPS) is 12.4. The molecule has 2 N–H and O–H groups in total. The second-order valence-electron chi connectivity index (χ2n) is 6.93. The SMILES string of the molecule is CC.COc1nc2ncsc2c(OC)c1-c1cn(SF)c2nc(NC=O)ccc12.OCC1CC1. The van der Waals surface area contributed by atoms with Gasteiger partial charge in [-0.15, -0.1) is 15.2 Å². The molecule has 34 heavy (non-hydrogen) atoms. The lowest BCUT2D eigenvalue weighted by Gasteiger charge is -2.12. The summed E-state index contributed by atoms with van der Waals surface area (Å²) in [6.45, 7) is 4.42. The van der Waals surface area contributed by atoms with Crippen LogP contribution in [-0.4, -0.2) is 51.3 Å². The number of aromatic nitrogens is 4. The Kier molecular flexibility index (Phi) is 9.02. The monoisotopic (exact) mass is 507 g/mol. The van der Waals surface area contributed by atoms with Crippen LogP contribution in [0, 0.1) is 5.92 Å². The van der Waals surface area contributed by atoms with Crippen molar-refractivity contribution < 1.29 is 23.3 Å². The number of nitrogens with one attached hydrogen (secondary N) is 1. The molecule has 9 nitrogen and oxygen atoms in total. The van der Waals surface area contributed by atoms with Gasteiger partial charge in [-0.3, -0.25) is 4.79 Å². The Hall–Kier alpha value is -2.96. The molecule has 1 aliphatic carbocycles. The number of hydrogen-bond acceptors (Lipinski definition) is 9. The van der Waals surface area contributed by atoms with Crippen molar-refractivity contribution in [2.75, 3.05) is 26.1 Å². The number of halogens is 1. The van der Waals surface area contributed by atoms with E-state index in [1.54, 1.807) is 30.9 Å². The van der Waals surface area contributed by atoms with Gasteiger partial charge in [0, 0.05) is 23.8 Å². The third-order valence-corrected chi connectivity index (χ3v) is 6.17. The molecule has 4 heterocycles. The van der Waals surface area contributed by atoms with Crippen molar-refractivity contribution in [3.05, 3.63) is 23.8 Å². The highest BCUT2D eigenvalue weighted by Crippen LogP contribution is 2.46. The molecule has 1 saturated carbocycles. The maximum absolute atomic E-state index is 13.5. The second-order valence-corrected chi connectivity index (χ2v) is 8.31. The first-order valence-electron chi connectivity index (χ1n) is 10.6. The second kappa shape index (κ2) is 12.0. The van der Waals surface area contributed by atoms with Gasteiger partial charge in [-0.1, -0.05) is 13.8 Å². The summed E-state index contributed by atoms with van der Waals surface area (Å²) in [6.07, 6.45) is 4.62. The number of aliphatic hydroxyl groups is 1. The molecule has 0 spiro atoms. The van der Waals surface area contributed by atoms with Crippen LogP contribution in [-0.2, 0) is 4.79 Å². The number of rotatable bonds is 7. The van der Waals surface area contributed by atoms with Crippen molar-refractivity contribution in [3.63, 3.8) is 0 Å². The van der Waals surface area contributed by atoms with Crippen LogP contribution in [0.25, 0.3) is 32.5 Å². The van der Waals surface area contributed by atoms with Gasteiger partial charge in [-0.25, -0.2) is 13.9 Å². The zero-order valence-electron chi connectivity index (χ0n) is 19.2. The minimum absolute atomic E-state index is 0.000937.